The summed E-state index contributed by atoms with van der Waals surface area (Å²) in [5, 5.41) is 3.83. The van der Waals surface area contributed by atoms with E-state index in [0.717, 1.165) is 52.1 Å². The first-order valence-electron chi connectivity index (χ1n) is 9.92. The predicted molar refractivity (Wildman–Crippen MR) is 98.1 cm³/mol. The van der Waals surface area contributed by atoms with E-state index in [2.05, 4.69) is 29.6 Å². The van der Waals surface area contributed by atoms with Crippen molar-refractivity contribution in [1.29, 1.82) is 0 Å². The Morgan fingerprint density at radius 1 is 1.12 bits per heavy atom. The van der Waals surface area contributed by atoms with E-state index in [-0.39, 0.29) is 0 Å². The molecule has 1 unspecified atom stereocenters. The Kier molecular flexibility index (Phi) is 5.09. The first-order chi connectivity index (χ1) is 12.3. The Labute approximate surface area is 150 Å². The molecule has 0 aromatic heterocycles. The number of ether oxygens (including phenoxy) is 1. The molecule has 25 heavy (non-hydrogen) atoms. The van der Waals surface area contributed by atoms with Gasteiger partial charge in [0.2, 0.25) is 5.91 Å². The second kappa shape index (κ2) is 7.46. The maximum Gasteiger partial charge on any atom is 0.222 e. The molecule has 1 N–H and O–H groups in total. The fraction of sp³-hybridized carbons (Fsp3) is 0.667. The third-order valence-electron chi connectivity index (χ3n) is 6.40. The van der Waals surface area contributed by atoms with Crippen molar-refractivity contribution in [2.45, 2.75) is 64.1 Å². The molecule has 0 bridgehead atoms. The van der Waals surface area contributed by atoms with Crippen molar-refractivity contribution in [1.82, 2.24) is 10.2 Å². The topological polar surface area (TPSA) is 41.6 Å². The van der Waals surface area contributed by atoms with Crippen LogP contribution in [0.2, 0.25) is 0 Å². The molecule has 1 spiro atoms. The molecule has 1 atom stereocenters. The van der Waals surface area contributed by atoms with Crippen LogP contribution in [-0.4, -0.2) is 36.6 Å². The molecule has 1 saturated carbocycles. The number of carbonyl (C=O) groups excluding carboxylic acids is 1. The number of rotatable bonds is 5. The highest BCUT2D eigenvalue weighted by atomic mass is 16.5. The Bertz CT molecular complexity index is 592. The van der Waals surface area contributed by atoms with E-state index >= 15 is 0 Å². The fourth-order valence-corrected chi connectivity index (χ4v) is 4.87. The molecule has 0 radical (unpaired) electrons. The molecular weight excluding hydrogens is 312 g/mol. The van der Waals surface area contributed by atoms with Crippen molar-refractivity contribution < 1.29 is 9.53 Å². The minimum Gasteiger partial charge on any atom is -0.381 e. The number of nitrogens with zero attached hydrogens (tertiary/aromatic N) is 1. The van der Waals surface area contributed by atoms with Crippen molar-refractivity contribution in [3.63, 3.8) is 0 Å². The van der Waals surface area contributed by atoms with Crippen molar-refractivity contribution in [3.8, 4) is 0 Å². The number of carbonyl (C=O) groups is 1. The maximum atomic E-state index is 11.8. The van der Waals surface area contributed by atoms with Gasteiger partial charge in [0.15, 0.2) is 0 Å². The van der Waals surface area contributed by atoms with Gasteiger partial charge in [-0.2, -0.15) is 0 Å². The second-order valence-corrected chi connectivity index (χ2v) is 8.08. The smallest absolute Gasteiger partial charge is 0.222 e. The molecule has 2 heterocycles. The van der Waals surface area contributed by atoms with Gasteiger partial charge in [0.05, 0.1) is 6.61 Å². The van der Waals surface area contributed by atoms with E-state index in [9.17, 15) is 4.79 Å². The molecular formula is C21H30N2O2. The van der Waals surface area contributed by atoms with Crippen LogP contribution in [0.15, 0.2) is 24.3 Å². The third-order valence-corrected chi connectivity index (χ3v) is 6.40. The van der Waals surface area contributed by atoms with Crippen LogP contribution >= 0.6 is 0 Å². The van der Waals surface area contributed by atoms with Crippen molar-refractivity contribution in [2.75, 3.05) is 19.8 Å². The summed E-state index contributed by atoms with van der Waals surface area (Å²) in [5.41, 5.74) is 2.95. The molecule has 1 aliphatic carbocycles. The lowest BCUT2D eigenvalue weighted by molar-refractivity contribution is -0.128. The zero-order chi connectivity index (χ0) is 17.1. The molecule has 2 aliphatic heterocycles. The quantitative estimate of drug-likeness (QED) is 0.893. The largest absolute Gasteiger partial charge is 0.381 e. The summed E-state index contributed by atoms with van der Waals surface area (Å²) in [6.07, 6.45) is 8.19. The molecule has 4 heteroatoms. The molecule has 3 fully saturated rings. The summed E-state index contributed by atoms with van der Waals surface area (Å²) in [5.74, 6) is 0.298. The Balaban J connectivity index is 1.32. The zero-order valence-electron chi connectivity index (χ0n) is 15.1. The van der Waals surface area contributed by atoms with Crippen molar-refractivity contribution >= 4 is 5.91 Å². The van der Waals surface area contributed by atoms with Gasteiger partial charge in [-0.15, -0.1) is 0 Å². The van der Waals surface area contributed by atoms with Crippen LogP contribution in [0.25, 0.3) is 0 Å². The van der Waals surface area contributed by atoms with E-state index in [1.807, 2.05) is 4.90 Å². The molecule has 2 saturated heterocycles. The minimum atomic E-state index is 0.298. The van der Waals surface area contributed by atoms with Gasteiger partial charge in [-0.25, -0.2) is 0 Å². The lowest BCUT2D eigenvalue weighted by Crippen LogP contribution is -2.50. The molecule has 136 valence electrons. The van der Waals surface area contributed by atoms with Crippen LogP contribution in [0.3, 0.4) is 0 Å². The first kappa shape index (κ1) is 17.0. The van der Waals surface area contributed by atoms with Crippen LogP contribution in [0.5, 0.6) is 0 Å². The molecule has 1 aromatic rings. The fourth-order valence-electron chi connectivity index (χ4n) is 4.87. The molecule has 4 nitrogen and oxygen atoms in total. The lowest BCUT2D eigenvalue weighted by Gasteiger charge is -2.41. The summed E-state index contributed by atoms with van der Waals surface area (Å²) in [6, 6.07) is 9.37. The highest BCUT2D eigenvalue weighted by Crippen LogP contribution is 2.44. The van der Waals surface area contributed by atoms with E-state index in [4.69, 9.17) is 4.74 Å². The lowest BCUT2D eigenvalue weighted by atomic mass is 9.76. The molecule has 3 aliphatic rings. The van der Waals surface area contributed by atoms with Gasteiger partial charge in [-0.1, -0.05) is 37.1 Å². The van der Waals surface area contributed by atoms with Crippen molar-refractivity contribution in [3.05, 3.63) is 35.4 Å². The number of nitrogens with one attached hydrogen (secondary N) is 1. The normalized spacial score (nSPS) is 25.8. The highest BCUT2D eigenvalue weighted by molar-refractivity contribution is 5.78. The summed E-state index contributed by atoms with van der Waals surface area (Å²) in [7, 11) is 0. The minimum absolute atomic E-state index is 0.298. The number of hydrogen-bond acceptors (Lipinski definition) is 3. The van der Waals surface area contributed by atoms with Crippen LogP contribution in [0.4, 0.5) is 0 Å². The van der Waals surface area contributed by atoms with Gasteiger partial charge < -0.3 is 15.0 Å². The van der Waals surface area contributed by atoms with Gasteiger partial charge in [0, 0.05) is 44.1 Å². The summed E-state index contributed by atoms with van der Waals surface area (Å²) >= 11 is 0. The summed E-state index contributed by atoms with van der Waals surface area (Å²) in [6.45, 7) is 4.43. The van der Waals surface area contributed by atoms with E-state index in [1.165, 1.54) is 36.8 Å². The second-order valence-electron chi connectivity index (χ2n) is 8.08. The average Bonchev–Trinajstić information content (AvgIpc) is 3.26. The Morgan fingerprint density at radius 2 is 1.88 bits per heavy atom. The highest BCUT2D eigenvalue weighted by Gasteiger charge is 2.43. The van der Waals surface area contributed by atoms with Crippen molar-refractivity contribution in [2.24, 2.45) is 5.41 Å². The number of hydrogen-bond donors (Lipinski definition) is 1. The van der Waals surface area contributed by atoms with Crippen LogP contribution in [-0.2, 0) is 22.6 Å². The van der Waals surface area contributed by atoms with E-state index in [0.29, 0.717) is 17.4 Å². The van der Waals surface area contributed by atoms with Crippen LogP contribution in [0.1, 0.15) is 56.1 Å². The third kappa shape index (κ3) is 3.75. The Morgan fingerprint density at radius 3 is 2.60 bits per heavy atom. The Hall–Kier alpha value is -1.39. The summed E-state index contributed by atoms with van der Waals surface area (Å²) < 4.78 is 5.81. The van der Waals surface area contributed by atoms with Gasteiger partial charge >= 0.3 is 0 Å². The average molecular weight is 342 g/mol. The van der Waals surface area contributed by atoms with Gasteiger partial charge in [-0.05, 0) is 36.8 Å². The van der Waals surface area contributed by atoms with Gasteiger partial charge in [-0.3, -0.25) is 4.79 Å². The van der Waals surface area contributed by atoms with E-state index < -0.39 is 0 Å². The molecule has 1 amide bonds. The first-order valence-corrected chi connectivity index (χ1v) is 9.92. The maximum absolute atomic E-state index is 11.8. The molecule has 1 aromatic carbocycles. The van der Waals surface area contributed by atoms with Gasteiger partial charge in [0.1, 0.15) is 0 Å². The number of benzene rings is 1. The van der Waals surface area contributed by atoms with Crippen LogP contribution in [0, 0.1) is 5.41 Å². The van der Waals surface area contributed by atoms with Crippen LogP contribution < -0.4 is 5.32 Å². The summed E-state index contributed by atoms with van der Waals surface area (Å²) in [4.78, 5) is 13.7. The standard InChI is InChI=1S/C21H30N2O2/c24-20-4-3-12-23(20)15-18-7-5-17(6-8-18)14-22-19-9-13-25-16-21(19)10-1-2-11-21/h5-8,19,22H,1-4,9-16H2. The van der Waals surface area contributed by atoms with Gasteiger partial charge in [0.25, 0.3) is 0 Å². The number of likely N-dealkylation sites (tertiary alicyclic amines) is 1. The number of amides is 1. The van der Waals surface area contributed by atoms with E-state index in [1.54, 1.807) is 0 Å². The molecule has 4 rings (SSSR count). The monoisotopic (exact) mass is 342 g/mol. The SMILES string of the molecule is O=C1CCCN1Cc1ccc(CNC2CCOCC23CCCC3)cc1. The predicted octanol–water partition coefficient (Wildman–Crippen LogP) is 3.25. The zero-order valence-corrected chi connectivity index (χ0v) is 15.1.